The van der Waals surface area contributed by atoms with E-state index in [0.717, 1.165) is 5.56 Å². The summed E-state index contributed by atoms with van der Waals surface area (Å²) >= 11 is 1.34. The van der Waals surface area contributed by atoms with E-state index >= 15 is 0 Å². The van der Waals surface area contributed by atoms with Crippen LogP contribution in [0.4, 0.5) is 0 Å². The van der Waals surface area contributed by atoms with Crippen molar-refractivity contribution >= 4 is 21.8 Å². The van der Waals surface area contributed by atoms with E-state index in [4.69, 9.17) is 13.6 Å². The standard InChI is InChI=1S/C17H17N3O5S2/c21-27(22,20-6-9-23-10-7-20)14-4-1-3-13(11-14)12-26-17-19-18-16(25-17)15-5-2-8-24-15/h1-5,8,11H,6-7,9-10,12H2. The zero-order valence-electron chi connectivity index (χ0n) is 14.3. The molecule has 3 aromatic rings. The molecule has 142 valence electrons. The van der Waals surface area contributed by atoms with Crippen molar-refractivity contribution in [1.82, 2.24) is 14.5 Å². The Kier molecular flexibility index (Phi) is 5.30. The summed E-state index contributed by atoms with van der Waals surface area (Å²) < 4.78 is 43.0. The van der Waals surface area contributed by atoms with Crippen LogP contribution in [-0.4, -0.2) is 49.2 Å². The molecular formula is C17H17N3O5S2. The molecule has 1 fully saturated rings. The number of furan rings is 1. The smallest absolute Gasteiger partial charge is 0.284 e. The molecule has 0 spiro atoms. The van der Waals surface area contributed by atoms with Crippen molar-refractivity contribution in [2.75, 3.05) is 26.3 Å². The van der Waals surface area contributed by atoms with E-state index in [1.807, 2.05) is 6.07 Å². The maximum atomic E-state index is 12.8. The minimum atomic E-state index is -3.51. The predicted molar refractivity (Wildman–Crippen MR) is 97.6 cm³/mol. The Morgan fingerprint density at radius 3 is 2.74 bits per heavy atom. The monoisotopic (exact) mass is 407 g/mol. The van der Waals surface area contributed by atoms with E-state index in [1.54, 1.807) is 30.3 Å². The normalized spacial score (nSPS) is 15.9. The largest absolute Gasteiger partial charge is 0.459 e. The van der Waals surface area contributed by atoms with Gasteiger partial charge in [-0.25, -0.2) is 8.42 Å². The second-order valence-corrected chi connectivity index (χ2v) is 8.67. The molecule has 0 N–H and O–H groups in total. The van der Waals surface area contributed by atoms with Gasteiger partial charge in [0.25, 0.3) is 11.1 Å². The van der Waals surface area contributed by atoms with E-state index < -0.39 is 10.0 Å². The van der Waals surface area contributed by atoms with Gasteiger partial charge in [0.15, 0.2) is 5.76 Å². The van der Waals surface area contributed by atoms with Gasteiger partial charge < -0.3 is 13.6 Å². The lowest BCUT2D eigenvalue weighted by Crippen LogP contribution is -2.40. The third-order valence-corrected chi connectivity index (χ3v) is 6.79. The number of aromatic nitrogens is 2. The molecule has 8 nitrogen and oxygen atoms in total. The van der Waals surface area contributed by atoms with Crippen molar-refractivity contribution in [2.24, 2.45) is 0 Å². The van der Waals surface area contributed by atoms with Crippen LogP contribution < -0.4 is 0 Å². The number of rotatable bonds is 6. The maximum absolute atomic E-state index is 12.8. The lowest BCUT2D eigenvalue weighted by atomic mass is 10.2. The molecule has 0 aliphatic carbocycles. The van der Waals surface area contributed by atoms with Gasteiger partial charge in [-0.3, -0.25) is 0 Å². The zero-order valence-corrected chi connectivity index (χ0v) is 15.9. The van der Waals surface area contributed by atoms with Gasteiger partial charge in [-0.1, -0.05) is 23.9 Å². The number of sulfonamides is 1. The Morgan fingerprint density at radius 2 is 1.96 bits per heavy atom. The van der Waals surface area contributed by atoms with E-state index in [2.05, 4.69) is 10.2 Å². The lowest BCUT2D eigenvalue weighted by molar-refractivity contribution is 0.0730. The molecule has 10 heteroatoms. The van der Waals surface area contributed by atoms with Gasteiger partial charge in [0.1, 0.15) is 0 Å². The summed E-state index contributed by atoms with van der Waals surface area (Å²) in [4.78, 5) is 0.282. The maximum Gasteiger partial charge on any atom is 0.284 e. The summed E-state index contributed by atoms with van der Waals surface area (Å²) in [6.07, 6.45) is 1.53. The summed E-state index contributed by atoms with van der Waals surface area (Å²) in [7, 11) is -3.51. The average Bonchev–Trinajstić information content (AvgIpc) is 3.39. The van der Waals surface area contributed by atoms with E-state index in [-0.39, 0.29) is 4.90 Å². The molecule has 0 bridgehead atoms. The minimum absolute atomic E-state index is 0.282. The molecule has 4 rings (SSSR count). The number of hydrogen-bond acceptors (Lipinski definition) is 8. The summed E-state index contributed by atoms with van der Waals surface area (Å²) in [6.45, 7) is 1.59. The van der Waals surface area contributed by atoms with Gasteiger partial charge in [-0.15, -0.1) is 10.2 Å². The van der Waals surface area contributed by atoms with E-state index in [1.165, 1.54) is 22.3 Å². The third kappa shape index (κ3) is 4.08. The molecule has 0 amide bonds. The minimum Gasteiger partial charge on any atom is -0.459 e. The number of ether oxygens (including phenoxy) is 1. The highest BCUT2D eigenvalue weighted by molar-refractivity contribution is 7.98. The van der Waals surface area contributed by atoms with Crippen LogP contribution in [0.25, 0.3) is 11.7 Å². The van der Waals surface area contributed by atoms with Crippen LogP contribution in [0.15, 0.2) is 61.6 Å². The van der Waals surface area contributed by atoms with Gasteiger partial charge in [-0.05, 0) is 29.8 Å². The molecule has 1 aliphatic heterocycles. The van der Waals surface area contributed by atoms with Gasteiger partial charge in [0.05, 0.1) is 24.4 Å². The Balaban J connectivity index is 1.45. The highest BCUT2D eigenvalue weighted by Gasteiger charge is 2.26. The fourth-order valence-electron chi connectivity index (χ4n) is 2.64. The fraction of sp³-hybridized carbons (Fsp3) is 0.294. The Bertz CT molecular complexity index is 995. The summed E-state index contributed by atoms with van der Waals surface area (Å²) in [5.41, 5.74) is 0.854. The SMILES string of the molecule is O=S(=O)(c1cccc(CSc2nnc(-c3ccco3)o2)c1)N1CCOCC1. The van der Waals surface area contributed by atoms with Crippen LogP contribution in [0, 0.1) is 0 Å². The summed E-state index contributed by atoms with van der Waals surface area (Å²) in [5, 5.41) is 8.31. The van der Waals surface area contributed by atoms with Gasteiger partial charge in [0, 0.05) is 18.8 Å². The van der Waals surface area contributed by atoms with Crippen molar-refractivity contribution in [3.8, 4) is 11.7 Å². The summed E-state index contributed by atoms with van der Waals surface area (Å²) in [6, 6.07) is 10.4. The molecule has 1 aliphatic rings. The predicted octanol–water partition coefficient (Wildman–Crippen LogP) is 2.64. The molecule has 2 aromatic heterocycles. The van der Waals surface area contributed by atoms with E-state index in [0.29, 0.717) is 48.9 Å². The van der Waals surface area contributed by atoms with Crippen LogP contribution in [0.2, 0.25) is 0 Å². The Hall–Kier alpha value is -2.14. The first-order valence-electron chi connectivity index (χ1n) is 8.30. The first-order chi connectivity index (χ1) is 13.1. The van der Waals surface area contributed by atoms with E-state index in [9.17, 15) is 8.42 Å². The molecule has 3 heterocycles. The molecule has 0 radical (unpaired) electrons. The van der Waals surface area contributed by atoms with Crippen LogP contribution in [0.1, 0.15) is 5.56 Å². The highest BCUT2D eigenvalue weighted by atomic mass is 32.2. The Labute approximate surface area is 160 Å². The third-order valence-electron chi connectivity index (χ3n) is 4.01. The van der Waals surface area contributed by atoms with Crippen molar-refractivity contribution in [2.45, 2.75) is 15.9 Å². The molecule has 0 unspecified atom stereocenters. The number of thioether (sulfide) groups is 1. The summed E-state index contributed by atoms with van der Waals surface area (Å²) in [5.74, 6) is 1.32. The fourth-order valence-corrected chi connectivity index (χ4v) is 4.83. The number of hydrogen-bond donors (Lipinski definition) is 0. The quantitative estimate of drug-likeness (QED) is 0.575. The van der Waals surface area contributed by atoms with Gasteiger partial charge >= 0.3 is 0 Å². The molecular weight excluding hydrogens is 390 g/mol. The molecule has 1 aromatic carbocycles. The zero-order chi connectivity index (χ0) is 18.7. The van der Waals surface area contributed by atoms with Crippen LogP contribution in [-0.2, 0) is 20.5 Å². The first kappa shape index (κ1) is 18.2. The van der Waals surface area contributed by atoms with Gasteiger partial charge in [0.2, 0.25) is 10.0 Å². The molecule has 0 atom stereocenters. The van der Waals surface area contributed by atoms with Crippen molar-refractivity contribution in [3.63, 3.8) is 0 Å². The first-order valence-corrected chi connectivity index (χ1v) is 10.7. The topological polar surface area (TPSA) is 98.7 Å². The number of morpholine rings is 1. The molecule has 1 saturated heterocycles. The van der Waals surface area contributed by atoms with Crippen molar-refractivity contribution < 1.29 is 22.0 Å². The second-order valence-electron chi connectivity index (χ2n) is 5.80. The van der Waals surface area contributed by atoms with Crippen LogP contribution >= 0.6 is 11.8 Å². The lowest BCUT2D eigenvalue weighted by Gasteiger charge is -2.26. The number of nitrogens with zero attached hydrogens (tertiary/aromatic N) is 3. The van der Waals surface area contributed by atoms with Gasteiger partial charge in [-0.2, -0.15) is 4.31 Å². The van der Waals surface area contributed by atoms with Crippen LogP contribution in [0.3, 0.4) is 0 Å². The highest BCUT2D eigenvalue weighted by Crippen LogP contribution is 2.27. The molecule has 0 saturated carbocycles. The van der Waals surface area contributed by atoms with Crippen molar-refractivity contribution in [3.05, 3.63) is 48.2 Å². The van der Waals surface area contributed by atoms with Crippen molar-refractivity contribution in [1.29, 1.82) is 0 Å². The average molecular weight is 407 g/mol. The number of benzene rings is 1. The Morgan fingerprint density at radius 1 is 1.11 bits per heavy atom. The molecule has 27 heavy (non-hydrogen) atoms. The van der Waals surface area contributed by atoms with Crippen LogP contribution in [0.5, 0.6) is 0 Å². The second kappa shape index (κ2) is 7.85.